The van der Waals surface area contributed by atoms with Crippen LogP contribution >= 0.6 is 11.6 Å². The molecule has 0 spiro atoms. The van der Waals surface area contributed by atoms with E-state index in [-0.39, 0.29) is 0 Å². The quantitative estimate of drug-likeness (QED) is 0.537. The van der Waals surface area contributed by atoms with Gasteiger partial charge in [0, 0.05) is 10.6 Å². The van der Waals surface area contributed by atoms with Crippen LogP contribution in [0, 0.1) is 0 Å². The van der Waals surface area contributed by atoms with Gasteiger partial charge < -0.3 is 10.1 Å². The summed E-state index contributed by atoms with van der Waals surface area (Å²) in [4.78, 5) is 7.77. The molecule has 26 heavy (non-hydrogen) atoms. The van der Waals surface area contributed by atoms with Crippen molar-refractivity contribution in [2.45, 2.75) is 5.60 Å². The smallest absolute Gasteiger partial charge is 0.156 e. The summed E-state index contributed by atoms with van der Waals surface area (Å²) in [6, 6.07) is 26.6. The molecule has 0 aliphatic rings. The van der Waals surface area contributed by atoms with Gasteiger partial charge >= 0.3 is 0 Å². The number of benzene rings is 3. The molecule has 1 atom stereocenters. The maximum atomic E-state index is 11.8. The summed E-state index contributed by atoms with van der Waals surface area (Å²) in [5.41, 5.74) is 1.68. The minimum atomic E-state index is -1.36. The minimum Gasteiger partial charge on any atom is -0.374 e. The molecule has 3 nitrogen and oxygen atoms in total. The van der Waals surface area contributed by atoms with Crippen molar-refractivity contribution in [1.82, 2.24) is 9.97 Å². The Kier molecular flexibility index (Phi) is 4.33. The Bertz CT molecular complexity index is 997. The predicted octanol–water partition coefficient (Wildman–Crippen LogP) is 5.01. The fourth-order valence-electron chi connectivity index (χ4n) is 3.10. The molecule has 0 saturated heterocycles. The van der Waals surface area contributed by atoms with Crippen molar-refractivity contribution >= 4 is 11.6 Å². The van der Waals surface area contributed by atoms with Gasteiger partial charge in [-0.15, -0.1) is 0 Å². The van der Waals surface area contributed by atoms with E-state index in [9.17, 15) is 5.11 Å². The van der Waals surface area contributed by atoms with Gasteiger partial charge in [0.15, 0.2) is 5.60 Å². The van der Waals surface area contributed by atoms with Gasteiger partial charge in [-0.2, -0.15) is 0 Å². The first-order valence-electron chi connectivity index (χ1n) is 8.33. The van der Waals surface area contributed by atoms with Gasteiger partial charge in [-0.1, -0.05) is 84.4 Å². The zero-order valence-electron chi connectivity index (χ0n) is 13.9. The number of hydrogen-bond acceptors (Lipinski definition) is 2. The first-order valence-corrected chi connectivity index (χ1v) is 8.70. The molecule has 2 N–H and O–H groups in total. The van der Waals surface area contributed by atoms with Crippen LogP contribution in [0.2, 0.25) is 5.02 Å². The molecule has 0 aliphatic carbocycles. The second-order valence-electron chi connectivity index (χ2n) is 6.09. The van der Waals surface area contributed by atoms with E-state index < -0.39 is 5.60 Å². The predicted molar refractivity (Wildman–Crippen MR) is 104 cm³/mol. The summed E-state index contributed by atoms with van der Waals surface area (Å²) in [7, 11) is 0. The van der Waals surface area contributed by atoms with Gasteiger partial charge in [-0.25, -0.2) is 4.98 Å². The van der Waals surface area contributed by atoms with Gasteiger partial charge in [0.25, 0.3) is 0 Å². The fourth-order valence-corrected chi connectivity index (χ4v) is 3.22. The fraction of sp³-hybridized carbons (Fsp3) is 0.0455. The van der Waals surface area contributed by atoms with Crippen molar-refractivity contribution < 1.29 is 5.11 Å². The summed E-state index contributed by atoms with van der Waals surface area (Å²) in [6.07, 6.45) is 1.68. The van der Waals surface area contributed by atoms with Crippen LogP contribution in [0.5, 0.6) is 0 Å². The summed E-state index contributed by atoms with van der Waals surface area (Å²) in [5.74, 6) is 0.712. The molecule has 0 fully saturated rings. The zero-order valence-corrected chi connectivity index (χ0v) is 14.7. The number of hydrogen-bond donors (Lipinski definition) is 2. The number of aromatic nitrogens is 2. The first kappa shape index (κ1) is 16.6. The van der Waals surface area contributed by atoms with Crippen LogP contribution in [-0.4, -0.2) is 15.1 Å². The van der Waals surface area contributed by atoms with Crippen LogP contribution in [-0.2, 0) is 5.60 Å². The van der Waals surface area contributed by atoms with Gasteiger partial charge in [0.1, 0.15) is 5.82 Å². The van der Waals surface area contributed by atoms with Crippen molar-refractivity contribution in [3.63, 3.8) is 0 Å². The molecule has 4 aromatic rings. The molecule has 0 amide bonds. The second kappa shape index (κ2) is 6.79. The average Bonchev–Trinajstić information content (AvgIpc) is 3.20. The van der Waals surface area contributed by atoms with Crippen molar-refractivity contribution in [3.8, 4) is 11.4 Å². The first-order chi connectivity index (χ1) is 12.7. The third-order valence-corrected chi connectivity index (χ3v) is 4.72. The molecular weight excluding hydrogens is 344 g/mol. The lowest BCUT2D eigenvalue weighted by molar-refractivity contribution is 0.121. The van der Waals surface area contributed by atoms with Crippen molar-refractivity contribution in [1.29, 1.82) is 0 Å². The van der Waals surface area contributed by atoms with E-state index in [4.69, 9.17) is 11.6 Å². The molecule has 4 heteroatoms. The van der Waals surface area contributed by atoms with Crippen molar-refractivity contribution in [2.24, 2.45) is 0 Å². The number of rotatable bonds is 4. The molecule has 1 unspecified atom stereocenters. The Hall–Kier alpha value is -2.88. The van der Waals surface area contributed by atoms with Gasteiger partial charge in [-0.3, -0.25) is 0 Å². The summed E-state index contributed by atoms with van der Waals surface area (Å²) in [6.45, 7) is 0. The number of imidazole rings is 1. The van der Waals surface area contributed by atoms with Crippen LogP contribution in [0.15, 0.2) is 91.1 Å². The summed E-state index contributed by atoms with van der Waals surface area (Å²) in [5, 5.41) is 12.4. The SMILES string of the molecule is OC(c1ccccc1)(c1ccc(Cl)cc1)c1cnc(-c2ccccc2)[nH]1. The standard InChI is InChI=1S/C22H17ClN2O/c23-19-13-11-18(12-14-19)22(26,17-9-5-2-6-10-17)20-15-24-21(25-20)16-7-3-1-4-8-16/h1-15,26H,(H,24,25). The Balaban J connectivity index is 1.87. The molecule has 0 saturated carbocycles. The number of halogens is 1. The van der Waals surface area contributed by atoms with E-state index in [2.05, 4.69) is 9.97 Å². The molecule has 0 radical (unpaired) electrons. The Morgan fingerprint density at radius 2 is 1.35 bits per heavy atom. The van der Waals surface area contributed by atoms with E-state index in [1.165, 1.54) is 0 Å². The van der Waals surface area contributed by atoms with Crippen molar-refractivity contribution in [3.05, 3.63) is 113 Å². The summed E-state index contributed by atoms with van der Waals surface area (Å²) >= 11 is 6.04. The maximum Gasteiger partial charge on any atom is 0.156 e. The Morgan fingerprint density at radius 3 is 2.00 bits per heavy atom. The molecule has 128 valence electrons. The average molecular weight is 361 g/mol. The number of aliphatic hydroxyl groups is 1. The minimum absolute atomic E-state index is 0.602. The third kappa shape index (κ3) is 2.92. The van der Waals surface area contributed by atoms with Gasteiger partial charge in [0.05, 0.1) is 11.9 Å². The zero-order chi connectivity index (χ0) is 18.0. The van der Waals surface area contributed by atoms with E-state index in [1.54, 1.807) is 18.3 Å². The molecule has 1 heterocycles. The number of nitrogens with one attached hydrogen (secondary N) is 1. The van der Waals surface area contributed by atoms with Crippen LogP contribution < -0.4 is 0 Å². The highest BCUT2D eigenvalue weighted by Crippen LogP contribution is 2.36. The van der Waals surface area contributed by atoms with Crippen LogP contribution in [0.4, 0.5) is 0 Å². The lowest BCUT2D eigenvalue weighted by Gasteiger charge is -2.28. The molecule has 1 aromatic heterocycles. The number of H-pyrrole nitrogens is 1. The Labute approximate surface area is 156 Å². The summed E-state index contributed by atoms with van der Waals surface area (Å²) < 4.78 is 0. The Morgan fingerprint density at radius 1 is 0.769 bits per heavy atom. The van der Waals surface area contributed by atoms with E-state index in [1.807, 2.05) is 72.8 Å². The van der Waals surface area contributed by atoms with Gasteiger partial charge in [-0.05, 0) is 23.3 Å². The van der Waals surface area contributed by atoms with E-state index >= 15 is 0 Å². The second-order valence-corrected chi connectivity index (χ2v) is 6.53. The highest BCUT2D eigenvalue weighted by Gasteiger charge is 2.35. The largest absolute Gasteiger partial charge is 0.374 e. The van der Waals surface area contributed by atoms with Crippen molar-refractivity contribution in [2.75, 3.05) is 0 Å². The molecule has 0 aliphatic heterocycles. The molecule has 4 rings (SSSR count). The maximum absolute atomic E-state index is 11.8. The lowest BCUT2D eigenvalue weighted by Crippen LogP contribution is -2.29. The molecular formula is C22H17ClN2O. The topological polar surface area (TPSA) is 48.9 Å². The normalized spacial score (nSPS) is 13.3. The third-order valence-electron chi connectivity index (χ3n) is 4.47. The van der Waals surface area contributed by atoms with E-state index in [0.717, 1.165) is 16.7 Å². The number of nitrogens with zero attached hydrogens (tertiary/aromatic N) is 1. The van der Waals surface area contributed by atoms with Crippen LogP contribution in [0.1, 0.15) is 16.8 Å². The molecule has 3 aromatic carbocycles. The van der Waals surface area contributed by atoms with E-state index in [0.29, 0.717) is 16.5 Å². The monoisotopic (exact) mass is 360 g/mol. The van der Waals surface area contributed by atoms with Crippen LogP contribution in [0.3, 0.4) is 0 Å². The molecule has 0 bridgehead atoms. The number of aromatic amines is 1. The lowest BCUT2D eigenvalue weighted by atomic mass is 9.84. The van der Waals surface area contributed by atoms with Crippen LogP contribution in [0.25, 0.3) is 11.4 Å². The highest BCUT2D eigenvalue weighted by molar-refractivity contribution is 6.30. The highest BCUT2D eigenvalue weighted by atomic mass is 35.5. The van der Waals surface area contributed by atoms with Gasteiger partial charge in [0.2, 0.25) is 0 Å².